The molecule has 0 heterocycles. The number of carbonyl (C=O) groups is 2. The van der Waals surface area contributed by atoms with E-state index in [1.165, 1.54) is 14.1 Å². The van der Waals surface area contributed by atoms with Crippen molar-refractivity contribution in [3.63, 3.8) is 0 Å². The van der Waals surface area contributed by atoms with E-state index in [1.54, 1.807) is 6.07 Å². The van der Waals surface area contributed by atoms with Crippen molar-refractivity contribution >= 4 is 11.8 Å². The summed E-state index contributed by atoms with van der Waals surface area (Å²) in [5.41, 5.74) is 0. The van der Waals surface area contributed by atoms with E-state index in [4.69, 9.17) is 5.26 Å². The van der Waals surface area contributed by atoms with Gasteiger partial charge < -0.3 is 10.2 Å². The fourth-order valence-electron chi connectivity index (χ4n) is 0.399. The van der Waals surface area contributed by atoms with Crippen molar-refractivity contribution in [2.75, 3.05) is 20.6 Å². The Balaban J connectivity index is 3.86. The predicted molar refractivity (Wildman–Crippen MR) is 37.3 cm³/mol. The van der Waals surface area contributed by atoms with E-state index in [-0.39, 0.29) is 6.54 Å². The fraction of sp³-hybridized carbons (Fsp3) is 0.500. The number of nitrogens with zero attached hydrogens (tertiary/aromatic N) is 2. The van der Waals surface area contributed by atoms with Gasteiger partial charge in [-0.1, -0.05) is 0 Å². The normalized spacial score (nSPS) is 8.09. The second-order valence-electron chi connectivity index (χ2n) is 2.04. The molecule has 0 aliphatic rings. The molecule has 5 nitrogen and oxygen atoms in total. The molecule has 60 valence electrons. The molecule has 0 aliphatic heterocycles. The Morgan fingerprint density at radius 2 is 2.09 bits per heavy atom. The highest BCUT2D eigenvalue weighted by Crippen LogP contribution is 1.77. The number of nitriles is 1. The smallest absolute Gasteiger partial charge is 0.311 e. The molecule has 0 saturated carbocycles. The average molecular weight is 155 g/mol. The molecule has 0 atom stereocenters. The highest BCUT2D eigenvalue weighted by atomic mass is 16.2. The zero-order valence-electron chi connectivity index (χ0n) is 6.42. The Bertz CT molecular complexity index is 204. The Labute approximate surface area is 64.6 Å². The van der Waals surface area contributed by atoms with Gasteiger partial charge in [0.1, 0.15) is 6.54 Å². The van der Waals surface area contributed by atoms with Crippen molar-refractivity contribution in [1.82, 2.24) is 10.2 Å². The van der Waals surface area contributed by atoms with Gasteiger partial charge in [0.15, 0.2) is 0 Å². The van der Waals surface area contributed by atoms with E-state index in [2.05, 4.69) is 5.32 Å². The lowest BCUT2D eigenvalue weighted by Crippen LogP contribution is -2.39. The van der Waals surface area contributed by atoms with Gasteiger partial charge in [-0.05, 0) is 0 Å². The molecule has 5 heteroatoms. The van der Waals surface area contributed by atoms with Crippen LogP contribution in [-0.4, -0.2) is 37.4 Å². The summed E-state index contributed by atoms with van der Waals surface area (Å²) in [7, 11) is 2.93. The molecule has 0 aromatic rings. The third kappa shape index (κ3) is 3.20. The number of amides is 2. The van der Waals surface area contributed by atoms with Gasteiger partial charge in [-0.3, -0.25) is 9.59 Å². The molecule has 0 unspecified atom stereocenters. The Morgan fingerprint density at radius 1 is 1.55 bits per heavy atom. The molecule has 0 aromatic heterocycles. The molecule has 0 fully saturated rings. The molecule has 1 N–H and O–H groups in total. The van der Waals surface area contributed by atoms with Crippen molar-refractivity contribution < 1.29 is 9.59 Å². The summed E-state index contributed by atoms with van der Waals surface area (Å²) in [6, 6.07) is 1.69. The summed E-state index contributed by atoms with van der Waals surface area (Å²) in [5.74, 6) is -1.41. The van der Waals surface area contributed by atoms with Crippen LogP contribution in [0.25, 0.3) is 0 Å². The molecule has 0 aliphatic carbocycles. The van der Waals surface area contributed by atoms with Crippen LogP contribution in [0.2, 0.25) is 0 Å². The maximum absolute atomic E-state index is 10.8. The first-order valence-electron chi connectivity index (χ1n) is 2.96. The van der Waals surface area contributed by atoms with Crippen LogP contribution in [0.15, 0.2) is 0 Å². The number of nitrogens with one attached hydrogen (secondary N) is 1. The molecule has 0 bridgehead atoms. The quantitative estimate of drug-likeness (QED) is 0.378. The molecule has 0 rings (SSSR count). The SMILES string of the molecule is CN(C)C(=O)C(=O)NCC#N. The van der Waals surface area contributed by atoms with E-state index < -0.39 is 11.8 Å². The van der Waals surface area contributed by atoms with Crippen molar-refractivity contribution in [2.24, 2.45) is 0 Å². The molecule has 0 radical (unpaired) electrons. The first kappa shape index (κ1) is 9.43. The molecule has 2 amide bonds. The minimum atomic E-state index is -0.753. The second-order valence-corrected chi connectivity index (χ2v) is 2.04. The molecule has 0 spiro atoms. The van der Waals surface area contributed by atoms with Crippen molar-refractivity contribution in [2.45, 2.75) is 0 Å². The van der Waals surface area contributed by atoms with Crippen LogP contribution in [0.1, 0.15) is 0 Å². The second kappa shape index (κ2) is 4.28. The maximum atomic E-state index is 10.8. The number of carbonyl (C=O) groups excluding carboxylic acids is 2. The summed E-state index contributed by atoms with van der Waals surface area (Å²) in [6.07, 6.45) is 0. The van der Waals surface area contributed by atoms with Gasteiger partial charge in [0.25, 0.3) is 0 Å². The molecule has 11 heavy (non-hydrogen) atoms. The van der Waals surface area contributed by atoms with Crippen molar-refractivity contribution in [3.05, 3.63) is 0 Å². The van der Waals surface area contributed by atoms with E-state index in [0.29, 0.717) is 0 Å². The maximum Gasteiger partial charge on any atom is 0.311 e. The Hall–Kier alpha value is -1.57. The van der Waals surface area contributed by atoms with Crippen LogP contribution in [0.3, 0.4) is 0 Å². The number of likely N-dealkylation sites (N-methyl/N-ethyl adjacent to an activating group) is 1. The number of hydrogen-bond acceptors (Lipinski definition) is 3. The van der Waals surface area contributed by atoms with Gasteiger partial charge in [-0.25, -0.2) is 0 Å². The van der Waals surface area contributed by atoms with Crippen LogP contribution in [-0.2, 0) is 9.59 Å². The van der Waals surface area contributed by atoms with Crippen molar-refractivity contribution in [3.8, 4) is 6.07 Å². The van der Waals surface area contributed by atoms with E-state index in [1.807, 2.05) is 0 Å². The third-order valence-corrected chi connectivity index (χ3v) is 0.928. The Morgan fingerprint density at radius 3 is 2.45 bits per heavy atom. The fourth-order valence-corrected chi connectivity index (χ4v) is 0.399. The molecular weight excluding hydrogens is 146 g/mol. The van der Waals surface area contributed by atoms with Gasteiger partial charge in [0.2, 0.25) is 0 Å². The minimum Gasteiger partial charge on any atom is -0.341 e. The lowest BCUT2D eigenvalue weighted by atomic mass is 10.5. The lowest BCUT2D eigenvalue weighted by molar-refractivity contribution is -0.144. The van der Waals surface area contributed by atoms with E-state index >= 15 is 0 Å². The van der Waals surface area contributed by atoms with Crippen LogP contribution < -0.4 is 5.32 Å². The summed E-state index contributed by atoms with van der Waals surface area (Å²) >= 11 is 0. The van der Waals surface area contributed by atoms with Crippen LogP contribution in [0.4, 0.5) is 0 Å². The van der Waals surface area contributed by atoms with Gasteiger partial charge >= 0.3 is 11.8 Å². The van der Waals surface area contributed by atoms with Crippen molar-refractivity contribution in [1.29, 1.82) is 5.26 Å². The van der Waals surface area contributed by atoms with Gasteiger partial charge in [-0.2, -0.15) is 5.26 Å². The number of hydrogen-bond donors (Lipinski definition) is 1. The lowest BCUT2D eigenvalue weighted by Gasteiger charge is -2.07. The summed E-state index contributed by atoms with van der Waals surface area (Å²) in [4.78, 5) is 22.6. The highest BCUT2D eigenvalue weighted by Gasteiger charge is 2.13. The molecule has 0 saturated heterocycles. The van der Waals surface area contributed by atoms with Crippen LogP contribution in [0.5, 0.6) is 0 Å². The summed E-state index contributed by atoms with van der Waals surface area (Å²) in [6.45, 7) is -0.140. The zero-order chi connectivity index (χ0) is 8.85. The summed E-state index contributed by atoms with van der Waals surface area (Å²) < 4.78 is 0. The van der Waals surface area contributed by atoms with Gasteiger partial charge in [-0.15, -0.1) is 0 Å². The standard InChI is InChI=1S/C6H9N3O2/c1-9(2)6(11)5(10)8-4-3-7/h4H2,1-2H3,(H,8,10). The van der Waals surface area contributed by atoms with Gasteiger partial charge in [0.05, 0.1) is 6.07 Å². The molecule has 0 aromatic carbocycles. The average Bonchev–Trinajstić information content (AvgIpc) is 1.98. The first-order chi connectivity index (χ1) is 5.09. The molecular formula is C6H9N3O2. The third-order valence-electron chi connectivity index (χ3n) is 0.928. The van der Waals surface area contributed by atoms with E-state index in [0.717, 1.165) is 4.90 Å². The monoisotopic (exact) mass is 155 g/mol. The minimum absolute atomic E-state index is 0.140. The largest absolute Gasteiger partial charge is 0.341 e. The number of rotatable bonds is 1. The van der Waals surface area contributed by atoms with E-state index in [9.17, 15) is 9.59 Å². The summed E-state index contributed by atoms with van der Waals surface area (Å²) in [5, 5.41) is 10.2. The van der Waals surface area contributed by atoms with Crippen LogP contribution >= 0.6 is 0 Å². The zero-order valence-corrected chi connectivity index (χ0v) is 6.42. The van der Waals surface area contributed by atoms with Gasteiger partial charge in [0, 0.05) is 14.1 Å². The predicted octanol–water partition coefficient (Wildman–Crippen LogP) is -1.29. The Kier molecular flexibility index (Phi) is 3.67. The topological polar surface area (TPSA) is 73.2 Å². The highest BCUT2D eigenvalue weighted by molar-refractivity contribution is 6.34. The van der Waals surface area contributed by atoms with Crippen LogP contribution in [0, 0.1) is 11.3 Å². The first-order valence-corrected chi connectivity index (χ1v) is 2.96.